The Bertz CT molecular complexity index is 1010. The molecule has 0 unspecified atom stereocenters. The summed E-state index contributed by atoms with van der Waals surface area (Å²) in [5, 5.41) is 16.2. The van der Waals surface area contributed by atoms with Gasteiger partial charge >= 0.3 is 0 Å². The van der Waals surface area contributed by atoms with E-state index < -0.39 is 0 Å². The molecule has 0 radical (unpaired) electrons. The Morgan fingerprint density at radius 2 is 1.97 bits per heavy atom. The van der Waals surface area contributed by atoms with Gasteiger partial charge in [-0.1, -0.05) is 51.0 Å². The number of unbranched alkanes of at least 4 members (excludes halogenated alkanes) is 1. The first kappa shape index (κ1) is 22.9. The molecule has 3 aromatic rings. The van der Waals surface area contributed by atoms with E-state index in [0.717, 1.165) is 42.2 Å². The van der Waals surface area contributed by atoms with E-state index >= 15 is 0 Å². The number of rotatable bonds is 9. The van der Waals surface area contributed by atoms with Crippen LogP contribution in [0.3, 0.4) is 0 Å². The predicted molar refractivity (Wildman–Crippen MR) is 121 cm³/mol. The van der Waals surface area contributed by atoms with E-state index in [-0.39, 0.29) is 17.1 Å². The van der Waals surface area contributed by atoms with Gasteiger partial charge in [-0.25, -0.2) is 0 Å². The summed E-state index contributed by atoms with van der Waals surface area (Å²) in [5.41, 5.74) is 1.60. The van der Waals surface area contributed by atoms with Crippen LogP contribution in [0.5, 0.6) is 5.75 Å². The second-order valence-corrected chi connectivity index (χ2v) is 9.15. The van der Waals surface area contributed by atoms with Crippen molar-refractivity contribution in [2.75, 3.05) is 18.2 Å². The quantitative estimate of drug-likeness (QED) is 0.476. The molecule has 1 amide bonds. The van der Waals surface area contributed by atoms with Gasteiger partial charge in [0.05, 0.1) is 18.6 Å². The Labute approximate surface area is 186 Å². The summed E-state index contributed by atoms with van der Waals surface area (Å²) in [5.74, 6) is 1.93. The summed E-state index contributed by atoms with van der Waals surface area (Å²) in [7, 11) is 1.64. The maximum atomic E-state index is 12.4. The van der Waals surface area contributed by atoms with Crippen molar-refractivity contribution >= 4 is 23.6 Å². The van der Waals surface area contributed by atoms with E-state index in [1.165, 1.54) is 11.8 Å². The van der Waals surface area contributed by atoms with Gasteiger partial charge < -0.3 is 13.8 Å². The number of carbonyl (C=O) groups excluding carboxylic acids is 1. The van der Waals surface area contributed by atoms with Crippen molar-refractivity contribution in [2.24, 2.45) is 0 Å². The zero-order valence-electron chi connectivity index (χ0n) is 18.6. The second-order valence-electron chi connectivity index (χ2n) is 8.20. The normalized spacial score (nSPS) is 11.5. The molecule has 0 aliphatic heterocycles. The number of anilines is 1. The van der Waals surface area contributed by atoms with Gasteiger partial charge in [0, 0.05) is 23.6 Å². The Hall–Kier alpha value is -2.81. The van der Waals surface area contributed by atoms with Crippen LogP contribution in [0.1, 0.15) is 46.2 Å². The number of carbonyl (C=O) groups is 1. The van der Waals surface area contributed by atoms with Crippen molar-refractivity contribution in [1.29, 1.82) is 0 Å². The van der Waals surface area contributed by atoms with Crippen LogP contribution in [0.15, 0.2) is 40.0 Å². The fraction of sp³-hybridized carbons (Fsp3) is 0.455. The molecule has 0 aliphatic carbocycles. The molecule has 0 spiro atoms. The fourth-order valence-corrected chi connectivity index (χ4v) is 3.62. The Balaban J connectivity index is 1.69. The number of benzene rings is 1. The van der Waals surface area contributed by atoms with E-state index in [1.807, 2.05) is 45.0 Å². The van der Waals surface area contributed by atoms with Gasteiger partial charge in [-0.05, 0) is 30.7 Å². The Kier molecular flexibility index (Phi) is 7.37. The standard InChI is InChI=1S/C22H29N5O3S/c1-6-7-12-27-20(15-8-10-16(29-5)11-9-15)24-25-21(27)31-14-18(28)23-19-13-17(26-30-19)22(2,3)4/h8-11,13H,6-7,12,14H2,1-5H3,(H,23,28). The monoisotopic (exact) mass is 443 g/mol. The van der Waals surface area contributed by atoms with Gasteiger partial charge in [0.1, 0.15) is 5.75 Å². The van der Waals surface area contributed by atoms with E-state index in [4.69, 9.17) is 9.26 Å². The first-order chi connectivity index (χ1) is 14.8. The molecular formula is C22H29N5O3S. The number of aromatic nitrogens is 4. The van der Waals surface area contributed by atoms with Crippen molar-refractivity contribution in [1.82, 2.24) is 19.9 Å². The lowest BCUT2D eigenvalue weighted by Gasteiger charge is -2.12. The maximum Gasteiger partial charge on any atom is 0.237 e. The zero-order chi connectivity index (χ0) is 22.4. The van der Waals surface area contributed by atoms with E-state index in [0.29, 0.717) is 11.0 Å². The molecule has 166 valence electrons. The number of ether oxygens (including phenoxy) is 1. The highest BCUT2D eigenvalue weighted by Gasteiger charge is 2.20. The number of hydrogen-bond donors (Lipinski definition) is 1. The molecule has 9 heteroatoms. The van der Waals surface area contributed by atoms with Crippen molar-refractivity contribution < 1.29 is 14.1 Å². The van der Waals surface area contributed by atoms with Crippen molar-refractivity contribution in [3.05, 3.63) is 36.0 Å². The first-order valence-corrected chi connectivity index (χ1v) is 11.3. The van der Waals surface area contributed by atoms with Crippen molar-refractivity contribution in [3.63, 3.8) is 0 Å². The Morgan fingerprint density at radius 1 is 1.23 bits per heavy atom. The average Bonchev–Trinajstić information content (AvgIpc) is 3.37. The molecule has 0 fully saturated rings. The summed E-state index contributed by atoms with van der Waals surface area (Å²) in [4.78, 5) is 12.4. The number of thioether (sulfide) groups is 1. The predicted octanol–water partition coefficient (Wildman–Crippen LogP) is 4.77. The average molecular weight is 444 g/mol. The summed E-state index contributed by atoms with van der Waals surface area (Å²) in [6.07, 6.45) is 2.04. The lowest BCUT2D eigenvalue weighted by molar-refractivity contribution is -0.113. The van der Waals surface area contributed by atoms with Crippen LogP contribution in [0.25, 0.3) is 11.4 Å². The van der Waals surface area contributed by atoms with Gasteiger partial charge in [0.25, 0.3) is 0 Å². The van der Waals surface area contributed by atoms with Gasteiger partial charge in [-0.15, -0.1) is 10.2 Å². The number of nitrogens with zero attached hydrogens (tertiary/aromatic N) is 4. The number of methoxy groups -OCH3 is 1. The first-order valence-electron chi connectivity index (χ1n) is 10.3. The maximum absolute atomic E-state index is 12.4. The van der Waals surface area contributed by atoms with Crippen LogP contribution in [0.4, 0.5) is 5.88 Å². The highest BCUT2D eigenvalue weighted by atomic mass is 32.2. The number of hydrogen-bond acceptors (Lipinski definition) is 7. The molecule has 0 atom stereocenters. The van der Waals surface area contributed by atoms with Gasteiger partial charge in [-0.2, -0.15) is 0 Å². The van der Waals surface area contributed by atoms with E-state index in [2.05, 4.69) is 32.2 Å². The molecule has 2 aromatic heterocycles. The molecule has 1 N–H and O–H groups in total. The third kappa shape index (κ3) is 5.88. The molecule has 31 heavy (non-hydrogen) atoms. The summed E-state index contributed by atoms with van der Waals surface area (Å²) in [6, 6.07) is 9.48. The van der Waals surface area contributed by atoms with Crippen LogP contribution in [0.2, 0.25) is 0 Å². The Morgan fingerprint density at radius 3 is 2.58 bits per heavy atom. The third-order valence-corrected chi connectivity index (χ3v) is 5.64. The lowest BCUT2D eigenvalue weighted by atomic mass is 9.92. The molecule has 0 saturated carbocycles. The smallest absolute Gasteiger partial charge is 0.237 e. The summed E-state index contributed by atoms with van der Waals surface area (Å²) < 4.78 is 12.5. The van der Waals surface area contributed by atoms with E-state index in [1.54, 1.807) is 13.2 Å². The summed E-state index contributed by atoms with van der Waals surface area (Å²) in [6.45, 7) is 9.04. The SMILES string of the molecule is CCCCn1c(SCC(=O)Nc2cc(C(C)(C)C)no2)nnc1-c1ccc(OC)cc1. The van der Waals surface area contributed by atoms with Crippen LogP contribution in [-0.4, -0.2) is 38.7 Å². The van der Waals surface area contributed by atoms with Crippen LogP contribution < -0.4 is 10.1 Å². The lowest BCUT2D eigenvalue weighted by Crippen LogP contribution is -2.14. The fourth-order valence-electron chi connectivity index (χ4n) is 2.86. The topological polar surface area (TPSA) is 95.1 Å². The molecule has 0 bridgehead atoms. The molecule has 0 saturated heterocycles. The minimum absolute atomic E-state index is 0.144. The third-order valence-electron chi connectivity index (χ3n) is 4.67. The second kappa shape index (κ2) is 10.00. The number of nitrogens with one attached hydrogen (secondary N) is 1. The largest absolute Gasteiger partial charge is 0.497 e. The minimum Gasteiger partial charge on any atom is -0.497 e. The van der Waals surface area contributed by atoms with Crippen LogP contribution in [-0.2, 0) is 16.8 Å². The van der Waals surface area contributed by atoms with Crippen LogP contribution >= 0.6 is 11.8 Å². The molecule has 8 nitrogen and oxygen atoms in total. The highest BCUT2D eigenvalue weighted by Crippen LogP contribution is 2.27. The van der Waals surface area contributed by atoms with E-state index in [9.17, 15) is 4.79 Å². The molecule has 3 rings (SSSR count). The molecule has 2 heterocycles. The van der Waals surface area contributed by atoms with Crippen molar-refractivity contribution in [3.8, 4) is 17.1 Å². The molecule has 0 aliphatic rings. The van der Waals surface area contributed by atoms with Crippen molar-refractivity contribution in [2.45, 2.75) is 57.7 Å². The summed E-state index contributed by atoms with van der Waals surface area (Å²) >= 11 is 1.35. The molecule has 1 aromatic carbocycles. The number of amides is 1. The van der Waals surface area contributed by atoms with Gasteiger partial charge in [0.15, 0.2) is 11.0 Å². The van der Waals surface area contributed by atoms with Gasteiger partial charge in [0.2, 0.25) is 11.8 Å². The van der Waals surface area contributed by atoms with Gasteiger partial charge in [-0.3, -0.25) is 10.1 Å². The highest BCUT2D eigenvalue weighted by molar-refractivity contribution is 7.99. The molecular weight excluding hydrogens is 414 g/mol. The minimum atomic E-state index is -0.183. The zero-order valence-corrected chi connectivity index (χ0v) is 19.5. The van der Waals surface area contributed by atoms with Crippen LogP contribution in [0, 0.1) is 0 Å².